The maximum absolute atomic E-state index is 2.33. The van der Waals surface area contributed by atoms with Crippen molar-refractivity contribution in [2.24, 2.45) is 5.92 Å². The summed E-state index contributed by atoms with van der Waals surface area (Å²) in [6.07, 6.45) is 3.54. The second-order valence-corrected chi connectivity index (χ2v) is 4.14. The number of aryl methyl sites for hydroxylation is 1. The first-order chi connectivity index (χ1) is 6.18. The fraction of sp³-hybridized carbons (Fsp3) is 0.385. The van der Waals surface area contributed by atoms with Gasteiger partial charge in [0, 0.05) is 0 Å². The molecule has 13 heavy (non-hydrogen) atoms. The van der Waals surface area contributed by atoms with Crippen molar-refractivity contribution in [3.8, 4) is 0 Å². The lowest BCUT2D eigenvalue weighted by atomic mass is 9.83. The van der Waals surface area contributed by atoms with E-state index >= 15 is 0 Å². The van der Waals surface area contributed by atoms with Gasteiger partial charge in [-0.3, -0.25) is 0 Å². The number of hydrogen-bond donors (Lipinski definition) is 0. The molecule has 1 aliphatic carbocycles. The number of benzene rings is 1. The van der Waals surface area contributed by atoms with Crippen LogP contribution in [0.1, 0.15) is 30.5 Å². The Labute approximate surface area is 80.3 Å². The van der Waals surface area contributed by atoms with Crippen molar-refractivity contribution in [3.05, 3.63) is 40.5 Å². The monoisotopic (exact) mass is 172 g/mol. The van der Waals surface area contributed by atoms with E-state index in [9.17, 15) is 0 Å². The highest BCUT2D eigenvalue weighted by Gasteiger charge is 2.15. The topological polar surface area (TPSA) is 0 Å². The van der Waals surface area contributed by atoms with Crippen molar-refractivity contribution in [1.82, 2.24) is 0 Å². The molecule has 0 aromatic heterocycles. The zero-order chi connectivity index (χ0) is 9.42. The van der Waals surface area contributed by atoms with E-state index in [4.69, 9.17) is 0 Å². The van der Waals surface area contributed by atoms with Gasteiger partial charge in [0.15, 0.2) is 0 Å². The molecule has 0 nitrogen and oxygen atoms in total. The molecule has 0 heteroatoms. The first kappa shape index (κ1) is 8.55. The van der Waals surface area contributed by atoms with E-state index in [1.807, 2.05) is 0 Å². The summed E-state index contributed by atoms with van der Waals surface area (Å²) < 4.78 is 0. The lowest BCUT2D eigenvalue weighted by Crippen LogP contribution is -2.09. The van der Waals surface area contributed by atoms with E-state index in [0.717, 1.165) is 0 Å². The average molecular weight is 172 g/mol. The predicted molar refractivity (Wildman–Crippen MR) is 57.7 cm³/mol. The predicted octanol–water partition coefficient (Wildman–Crippen LogP) is 3.59. The van der Waals surface area contributed by atoms with Gasteiger partial charge >= 0.3 is 0 Å². The smallest absolute Gasteiger partial charge is 0.0190 e. The molecule has 0 saturated carbocycles. The molecule has 0 aliphatic heterocycles. The summed E-state index contributed by atoms with van der Waals surface area (Å²) in [5.41, 5.74) is 5.92. The van der Waals surface area contributed by atoms with E-state index in [1.165, 1.54) is 23.1 Å². The van der Waals surface area contributed by atoms with Crippen LogP contribution < -0.4 is 0 Å². The van der Waals surface area contributed by atoms with Crippen LogP contribution >= 0.6 is 0 Å². The molecule has 0 amide bonds. The summed E-state index contributed by atoms with van der Waals surface area (Å²) in [7, 11) is 0. The van der Waals surface area contributed by atoms with Crippen LogP contribution in [-0.2, 0) is 6.42 Å². The van der Waals surface area contributed by atoms with Crippen molar-refractivity contribution >= 4 is 6.08 Å². The molecule has 0 bridgehead atoms. The molecule has 1 aromatic rings. The SMILES string of the molecule is CC1=Cc2cccc(C)c2CC1C. The van der Waals surface area contributed by atoms with Crippen molar-refractivity contribution in [2.75, 3.05) is 0 Å². The van der Waals surface area contributed by atoms with Crippen LogP contribution in [0.5, 0.6) is 0 Å². The summed E-state index contributed by atoms with van der Waals surface area (Å²) in [6, 6.07) is 6.58. The molecule has 1 unspecified atom stereocenters. The molecule has 68 valence electrons. The van der Waals surface area contributed by atoms with Gasteiger partial charge < -0.3 is 0 Å². The second kappa shape index (κ2) is 3.02. The van der Waals surface area contributed by atoms with E-state index in [-0.39, 0.29) is 0 Å². The fourth-order valence-electron chi connectivity index (χ4n) is 1.99. The summed E-state index contributed by atoms with van der Waals surface area (Å²) >= 11 is 0. The van der Waals surface area contributed by atoms with Crippen molar-refractivity contribution in [1.29, 1.82) is 0 Å². The Balaban J connectivity index is 2.56. The molecule has 0 spiro atoms. The molecule has 1 atom stereocenters. The maximum atomic E-state index is 2.33. The van der Waals surface area contributed by atoms with Gasteiger partial charge in [0.05, 0.1) is 0 Å². The lowest BCUT2D eigenvalue weighted by Gasteiger charge is -2.22. The molecule has 0 heterocycles. The van der Waals surface area contributed by atoms with E-state index in [0.29, 0.717) is 5.92 Å². The highest BCUT2D eigenvalue weighted by molar-refractivity contribution is 5.61. The Morgan fingerprint density at radius 1 is 1.23 bits per heavy atom. The van der Waals surface area contributed by atoms with Gasteiger partial charge in [-0.2, -0.15) is 0 Å². The Morgan fingerprint density at radius 2 is 2.00 bits per heavy atom. The average Bonchev–Trinajstić information content (AvgIpc) is 2.09. The van der Waals surface area contributed by atoms with Crippen LogP contribution in [0.15, 0.2) is 23.8 Å². The highest BCUT2D eigenvalue weighted by atomic mass is 14.2. The lowest BCUT2D eigenvalue weighted by molar-refractivity contribution is 0.669. The zero-order valence-electron chi connectivity index (χ0n) is 8.59. The van der Waals surface area contributed by atoms with Gasteiger partial charge in [-0.15, -0.1) is 0 Å². The van der Waals surface area contributed by atoms with Gasteiger partial charge in [0.2, 0.25) is 0 Å². The first-order valence-corrected chi connectivity index (χ1v) is 4.95. The Kier molecular flexibility index (Phi) is 1.99. The van der Waals surface area contributed by atoms with Gasteiger partial charge in [-0.25, -0.2) is 0 Å². The van der Waals surface area contributed by atoms with E-state index in [2.05, 4.69) is 45.0 Å². The Hall–Kier alpha value is -1.04. The van der Waals surface area contributed by atoms with Crippen molar-refractivity contribution < 1.29 is 0 Å². The fourth-order valence-corrected chi connectivity index (χ4v) is 1.99. The third kappa shape index (κ3) is 1.41. The number of fused-ring (bicyclic) bond motifs is 1. The van der Waals surface area contributed by atoms with Crippen molar-refractivity contribution in [3.63, 3.8) is 0 Å². The molecular weight excluding hydrogens is 156 g/mol. The minimum Gasteiger partial charge on any atom is -0.0696 e. The van der Waals surface area contributed by atoms with Crippen LogP contribution in [0.4, 0.5) is 0 Å². The first-order valence-electron chi connectivity index (χ1n) is 4.95. The van der Waals surface area contributed by atoms with Crippen LogP contribution in [-0.4, -0.2) is 0 Å². The molecule has 0 N–H and O–H groups in total. The Bertz CT molecular complexity index is 358. The molecule has 2 rings (SSSR count). The summed E-state index contributed by atoms with van der Waals surface area (Å²) in [6.45, 7) is 6.75. The van der Waals surface area contributed by atoms with Gasteiger partial charge in [-0.1, -0.05) is 36.8 Å². The van der Waals surface area contributed by atoms with E-state index in [1.54, 1.807) is 5.56 Å². The highest BCUT2D eigenvalue weighted by Crippen LogP contribution is 2.29. The third-order valence-corrected chi connectivity index (χ3v) is 3.12. The van der Waals surface area contributed by atoms with Crippen LogP contribution in [0.25, 0.3) is 6.08 Å². The number of hydrogen-bond acceptors (Lipinski definition) is 0. The minimum absolute atomic E-state index is 0.716. The maximum Gasteiger partial charge on any atom is -0.0190 e. The number of allylic oxidation sites excluding steroid dienone is 1. The molecule has 1 aliphatic rings. The summed E-state index contributed by atoms with van der Waals surface area (Å²) in [5, 5.41) is 0. The quantitative estimate of drug-likeness (QED) is 0.561. The largest absolute Gasteiger partial charge is 0.0696 e. The normalized spacial score (nSPS) is 20.8. The zero-order valence-corrected chi connectivity index (χ0v) is 8.59. The minimum atomic E-state index is 0.716. The third-order valence-electron chi connectivity index (χ3n) is 3.12. The van der Waals surface area contributed by atoms with E-state index < -0.39 is 0 Å². The molecule has 1 aromatic carbocycles. The van der Waals surface area contributed by atoms with Gasteiger partial charge in [0.25, 0.3) is 0 Å². The van der Waals surface area contributed by atoms with Gasteiger partial charge in [-0.05, 0) is 42.9 Å². The molecule has 0 fully saturated rings. The summed E-state index contributed by atoms with van der Waals surface area (Å²) in [4.78, 5) is 0. The molecule has 0 saturated heterocycles. The van der Waals surface area contributed by atoms with Gasteiger partial charge in [0.1, 0.15) is 0 Å². The second-order valence-electron chi connectivity index (χ2n) is 4.14. The standard InChI is InChI=1S/C13H16/c1-9-5-4-6-12-7-10(2)11(3)8-13(9)12/h4-7,11H,8H2,1-3H3. The Morgan fingerprint density at radius 3 is 2.77 bits per heavy atom. The molecule has 0 radical (unpaired) electrons. The molecular formula is C13H16. The number of rotatable bonds is 0. The van der Waals surface area contributed by atoms with Crippen molar-refractivity contribution in [2.45, 2.75) is 27.2 Å². The van der Waals surface area contributed by atoms with Crippen LogP contribution in [0, 0.1) is 12.8 Å². The summed E-state index contributed by atoms with van der Waals surface area (Å²) in [5.74, 6) is 0.716. The van der Waals surface area contributed by atoms with Crippen LogP contribution in [0.2, 0.25) is 0 Å². The van der Waals surface area contributed by atoms with Crippen LogP contribution in [0.3, 0.4) is 0 Å².